The second-order valence-electron chi connectivity index (χ2n) is 6.86. The Kier molecular flexibility index (Phi) is 4.87. The third-order valence-corrected chi connectivity index (χ3v) is 6.14. The summed E-state index contributed by atoms with van der Waals surface area (Å²) in [6.45, 7) is 0.0132. The average Bonchev–Trinajstić information content (AvgIpc) is 3.40. The molecule has 31 heavy (non-hydrogen) atoms. The number of amides is 1. The van der Waals surface area contributed by atoms with Crippen molar-refractivity contribution in [3.63, 3.8) is 0 Å². The van der Waals surface area contributed by atoms with Crippen molar-refractivity contribution in [1.82, 2.24) is 0 Å². The van der Waals surface area contributed by atoms with Gasteiger partial charge in [-0.25, -0.2) is 0 Å². The number of thioether (sulfide) groups is 1. The lowest BCUT2D eigenvalue weighted by Gasteiger charge is -2.24. The monoisotopic (exact) mass is 436 g/mol. The van der Waals surface area contributed by atoms with Gasteiger partial charge in [0.1, 0.15) is 16.9 Å². The van der Waals surface area contributed by atoms with Crippen LogP contribution in [0.25, 0.3) is 0 Å². The van der Waals surface area contributed by atoms with Crippen molar-refractivity contribution >= 4 is 29.0 Å². The van der Waals surface area contributed by atoms with Crippen LogP contribution in [0.5, 0.6) is 23.0 Å². The Hall–Kier alpha value is -3.72. The fraction of sp³-hybridized carbons (Fsp3) is 0.136. The van der Waals surface area contributed by atoms with E-state index >= 15 is 0 Å². The first-order valence-corrected chi connectivity index (χ1v) is 10.5. The van der Waals surface area contributed by atoms with E-state index in [1.807, 2.05) is 30.3 Å². The Morgan fingerprint density at radius 3 is 2.39 bits per heavy atom. The number of hydrogen-bond donors (Lipinski definition) is 0. The Morgan fingerprint density at radius 1 is 1.00 bits per heavy atom. The van der Waals surface area contributed by atoms with Crippen molar-refractivity contribution < 1.29 is 23.9 Å². The number of carbonyl (C=O) groups excluding carboxylic acids is 1. The van der Waals surface area contributed by atoms with Crippen LogP contribution < -0.4 is 19.1 Å². The normalized spacial score (nSPS) is 17.1. The number of nitro groups is 1. The van der Waals surface area contributed by atoms with E-state index in [1.165, 1.54) is 17.8 Å². The quantitative estimate of drug-likeness (QED) is 0.415. The molecule has 1 atom stereocenters. The molecule has 3 aromatic carbocycles. The summed E-state index contributed by atoms with van der Waals surface area (Å²) in [5, 5.41) is 11.1. The lowest BCUT2D eigenvalue weighted by molar-refractivity contribution is -0.385. The molecule has 5 rings (SSSR count). The van der Waals surface area contributed by atoms with Gasteiger partial charge in [-0.2, -0.15) is 0 Å². The number of hydrogen-bond acceptors (Lipinski definition) is 7. The molecule has 1 unspecified atom stereocenters. The number of fused-ring (bicyclic) bond motifs is 1. The highest BCUT2D eigenvalue weighted by atomic mass is 32.2. The molecule has 0 N–H and O–H groups in total. The van der Waals surface area contributed by atoms with Crippen molar-refractivity contribution in [2.75, 3.05) is 17.4 Å². The highest BCUT2D eigenvalue weighted by Crippen LogP contribution is 2.48. The number of ether oxygens (including phenoxy) is 3. The summed E-state index contributed by atoms with van der Waals surface area (Å²) in [5.74, 6) is 2.19. The minimum Gasteiger partial charge on any atom is -0.457 e. The Balaban J connectivity index is 1.47. The van der Waals surface area contributed by atoms with Crippen LogP contribution in [0.15, 0.2) is 66.7 Å². The van der Waals surface area contributed by atoms with Crippen LogP contribution in [0.2, 0.25) is 0 Å². The third-order valence-electron chi connectivity index (χ3n) is 4.95. The molecule has 8 nitrogen and oxygen atoms in total. The van der Waals surface area contributed by atoms with Gasteiger partial charge in [0.2, 0.25) is 12.7 Å². The van der Waals surface area contributed by atoms with Gasteiger partial charge in [0.15, 0.2) is 11.5 Å². The molecule has 0 spiro atoms. The molecule has 2 aliphatic rings. The molecular formula is C22H16N2O6S. The minimum absolute atomic E-state index is 0.0132. The van der Waals surface area contributed by atoms with Crippen LogP contribution in [0, 0.1) is 10.1 Å². The summed E-state index contributed by atoms with van der Waals surface area (Å²) < 4.78 is 16.5. The van der Waals surface area contributed by atoms with Crippen molar-refractivity contribution in [3.8, 4) is 23.0 Å². The molecule has 156 valence electrons. The molecule has 1 saturated heterocycles. The van der Waals surface area contributed by atoms with Crippen LogP contribution in [-0.2, 0) is 4.79 Å². The van der Waals surface area contributed by atoms with Crippen molar-refractivity contribution in [2.24, 2.45) is 0 Å². The summed E-state index contributed by atoms with van der Waals surface area (Å²) in [6.07, 6.45) is 0. The van der Waals surface area contributed by atoms with Gasteiger partial charge in [0.05, 0.1) is 22.3 Å². The standard InChI is InChI=1S/C22H16N2O6S/c25-21-12-31-22(17-10-19-20(29-13-28-19)11-18(17)24(26)27)23(21)14-6-8-16(9-7-14)30-15-4-2-1-3-5-15/h1-11,22H,12-13H2. The largest absolute Gasteiger partial charge is 0.457 e. The van der Waals surface area contributed by atoms with Gasteiger partial charge in [-0.15, -0.1) is 11.8 Å². The van der Waals surface area contributed by atoms with Gasteiger partial charge in [-0.3, -0.25) is 19.8 Å². The van der Waals surface area contributed by atoms with E-state index in [1.54, 1.807) is 35.2 Å². The molecule has 0 aromatic heterocycles. The van der Waals surface area contributed by atoms with Crippen LogP contribution in [-0.4, -0.2) is 23.4 Å². The first kappa shape index (κ1) is 19.3. The van der Waals surface area contributed by atoms with Crippen LogP contribution in [0.3, 0.4) is 0 Å². The van der Waals surface area contributed by atoms with E-state index in [0.29, 0.717) is 34.2 Å². The van der Waals surface area contributed by atoms with Gasteiger partial charge >= 0.3 is 0 Å². The fourth-order valence-corrected chi connectivity index (χ4v) is 4.73. The van der Waals surface area contributed by atoms with Gasteiger partial charge in [-0.05, 0) is 42.5 Å². The highest BCUT2D eigenvalue weighted by Gasteiger charge is 2.39. The number of para-hydroxylation sites is 1. The smallest absolute Gasteiger partial charge is 0.279 e. The number of nitrogens with zero attached hydrogens (tertiary/aromatic N) is 2. The molecular weight excluding hydrogens is 420 g/mol. The van der Waals surface area contributed by atoms with Gasteiger partial charge < -0.3 is 14.2 Å². The minimum atomic E-state index is -0.553. The molecule has 3 aromatic rings. The van der Waals surface area contributed by atoms with E-state index < -0.39 is 10.3 Å². The summed E-state index contributed by atoms with van der Waals surface area (Å²) in [5.41, 5.74) is 0.924. The zero-order valence-electron chi connectivity index (χ0n) is 16.1. The van der Waals surface area contributed by atoms with E-state index in [4.69, 9.17) is 14.2 Å². The highest BCUT2D eigenvalue weighted by molar-refractivity contribution is 8.00. The lowest BCUT2D eigenvalue weighted by atomic mass is 10.1. The van der Waals surface area contributed by atoms with Gasteiger partial charge in [-0.1, -0.05) is 18.2 Å². The molecule has 1 amide bonds. The van der Waals surface area contributed by atoms with Crippen molar-refractivity contribution in [2.45, 2.75) is 5.37 Å². The lowest BCUT2D eigenvalue weighted by Crippen LogP contribution is -2.28. The second-order valence-corrected chi connectivity index (χ2v) is 7.93. The number of nitro benzene ring substituents is 1. The molecule has 1 fully saturated rings. The SMILES string of the molecule is O=C1CSC(c2cc3c(cc2[N+](=O)[O-])OCO3)N1c1ccc(Oc2ccccc2)cc1. The second kappa shape index (κ2) is 7.84. The molecule has 0 radical (unpaired) electrons. The Bertz CT molecular complexity index is 1150. The van der Waals surface area contributed by atoms with Gasteiger partial charge in [0.25, 0.3) is 5.69 Å². The maximum atomic E-state index is 12.7. The van der Waals surface area contributed by atoms with Gasteiger partial charge in [0, 0.05) is 5.69 Å². The van der Waals surface area contributed by atoms with E-state index in [-0.39, 0.29) is 24.1 Å². The third kappa shape index (κ3) is 3.64. The molecule has 0 aliphatic carbocycles. The number of rotatable bonds is 5. The number of benzene rings is 3. The molecule has 9 heteroatoms. The molecule has 2 heterocycles. The summed E-state index contributed by atoms with van der Waals surface area (Å²) in [4.78, 5) is 25.5. The first-order chi connectivity index (χ1) is 15.1. The number of carbonyl (C=O) groups is 1. The predicted octanol–water partition coefficient (Wildman–Crippen LogP) is 4.89. The van der Waals surface area contributed by atoms with Crippen molar-refractivity contribution in [3.05, 3.63) is 82.4 Å². The predicted molar refractivity (Wildman–Crippen MR) is 115 cm³/mol. The summed E-state index contributed by atoms with van der Waals surface area (Å²) in [6, 6.07) is 19.4. The topological polar surface area (TPSA) is 91.1 Å². The van der Waals surface area contributed by atoms with Crippen LogP contribution in [0.1, 0.15) is 10.9 Å². The summed E-state index contributed by atoms with van der Waals surface area (Å²) >= 11 is 1.33. The maximum Gasteiger partial charge on any atom is 0.279 e. The fourth-order valence-electron chi connectivity index (χ4n) is 3.54. The van der Waals surface area contributed by atoms with Crippen LogP contribution in [0.4, 0.5) is 11.4 Å². The van der Waals surface area contributed by atoms with E-state index in [9.17, 15) is 14.9 Å². The van der Waals surface area contributed by atoms with Crippen LogP contribution >= 0.6 is 11.8 Å². The zero-order valence-corrected chi connectivity index (χ0v) is 16.9. The first-order valence-electron chi connectivity index (χ1n) is 9.45. The average molecular weight is 436 g/mol. The Morgan fingerprint density at radius 2 is 1.68 bits per heavy atom. The van der Waals surface area contributed by atoms with E-state index in [0.717, 1.165) is 0 Å². The zero-order chi connectivity index (χ0) is 21.4. The molecule has 0 saturated carbocycles. The van der Waals surface area contributed by atoms with Crippen molar-refractivity contribution in [1.29, 1.82) is 0 Å². The Labute approximate surface area is 181 Å². The number of anilines is 1. The molecule has 0 bridgehead atoms. The maximum absolute atomic E-state index is 12.7. The van der Waals surface area contributed by atoms with E-state index in [2.05, 4.69) is 0 Å². The summed E-state index contributed by atoms with van der Waals surface area (Å²) in [7, 11) is 0. The molecule has 2 aliphatic heterocycles.